The number of fused-ring (bicyclic) bond motifs is 1. The van der Waals surface area contributed by atoms with Crippen LogP contribution in [-0.2, 0) is 7.05 Å². The van der Waals surface area contributed by atoms with Crippen LogP contribution < -0.4 is 0 Å². The lowest BCUT2D eigenvalue weighted by Gasteiger charge is -2.15. The van der Waals surface area contributed by atoms with Crippen LogP contribution in [0.3, 0.4) is 0 Å². The topological polar surface area (TPSA) is 4.93 Å². The van der Waals surface area contributed by atoms with Gasteiger partial charge in [-0.05, 0) is 23.6 Å². The Hall–Kier alpha value is -2.28. The molecule has 1 aromatic heterocycles. The summed E-state index contributed by atoms with van der Waals surface area (Å²) in [6.07, 6.45) is 5.23. The summed E-state index contributed by atoms with van der Waals surface area (Å²) in [5.41, 5.74) is 4.02. The third-order valence-corrected chi connectivity index (χ3v) is 3.91. The van der Waals surface area contributed by atoms with E-state index in [0.717, 1.165) is 6.42 Å². The first kappa shape index (κ1) is 12.7. The third kappa shape index (κ3) is 2.16. The summed E-state index contributed by atoms with van der Waals surface area (Å²) in [5, 5.41) is 1.34. The standard InChI is InChI=1S/C19H19N/c1-3-9-16(15-10-5-4-6-11-15)18-14-20(2)19-13-8-7-12-17(18)19/h3-8,10-14,16H,1,9H2,2H3. The Morgan fingerprint density at radius 2 is 1.75 bits per heavy atom. The van der Waals surface area contributed by atoms with E-state index >= 15 is 0 Å². The summed E-state index contributed by atoms with van der Waals surface area (Å²) in [5.74, 6) is 0.375. The maximum Gasteiger partial charge on any atom is 0.0480 e. The monoisotopic (exact) mass is 261 g/mol. The van der Waals surface area contributed by atoms with Gasteiger partial charge in [-0.25, -0.2) is 0 Å². The van der Waals surface area contributed by atoms with Crippen molar-refractivity contribution in [2.75, 3.05) is 0 Å². The van der Waals surface area contributed by atoms with Gasteiger partial charge in [-0.3, -0.25) is 0 Å². The van der Waals surface area contributed by atoms with E-state index in [1.54, 1.807) is 0 Å². The molecule has 1 nitrogen and oxygen atoms in total. The third-order valence-electron chi connectivity index (χ3n) is 3.91. The van der Waals surface area contributed by atoms with Gasteiger partial charge in [0.2, 0.25) is 0 Å². The van der Waals surface area contributed by atoms with E-state index in [-0.39, 0.29) is 0 Å². The number of benzene rings is 2. The molecule has 100 valence electrons. The predicted molar refractivity (Wildman–Crippen MR) is 86.0 cm³/mol. The summed E-state index contributed by atoms with van der Waals surface area (Å²) in [4.78, 5) is 0. The minimum absolute atomic E-state index is 0.375. The van der Waals surface area contributed by atoms with Gasteiger partial charge in [-0.15, -0.1) is 6.58 Å². The van der Waals surface area contributed by atoms with Crippen molar-refractivity contribution in [3.05, 3.63) is 84.6 Å². The predicted octanol–water partition coefficient (Wildman–Crippen LogP) is 4.89. The average molecular weight is 261 g/mol. The van der Waals surface area contributed by atoms with Crippen LogP contribution in [0.15, 0.2) is 73.4 Å². The van der Waals surface area contributed by atoms with Crippen molar-refractivity contribution in [1.82, 2.24) is 4.57 Å². The van der Waals surface area contributed by atoms with Gasteiger partial charge in [-0.1, -0.05) is 54.6 Å². The highest BCUT2D eigenvalue weighted by atomic mass is 14.9. The van der Waals surface area contributed by atoms with Gasteiger partial charge in [0.05, 0.1) is 0 Å². The molecule has 1 atom stereocenters. The molecule has 0 saturated heterocycles. The van der Waals surface area contributed by atoms with Crippen molar-refractivity contribution >= 4 is 10.9 Å². The zero-order chi connectivity index (χ0) is 13.9. The van der Waals surface area contributed by atoms with Gasteiger partial charge in [-0.2, -0.15) is 0 Å². The molecule has 3 rings (SSSR count). The van der Waals surface area contributed by atoms with E-state index in [1.165, 1.54) is 22.0 Å². The fraction of sp³-hybridized carbons (Fsp3) is 0.158. The van der Waals surface area contributed by atoms with Crippen LogP contribution in [0.5, 0.6) is 0 Å². The fourth-order valence-corrected chi connectivity index (χ4v) is 2.95. The first-order valence-corrected chi connectivity index (χ1v) is 7.01. The van der Waals surface area contributed by atoms with Gasteiger partial charge in [0.1, 0.15) is 0 Å². The summed E-state index contributed by atoms with van der Waals surface area (Å²) in [6.45, 7) is 3.93. The molecule has 2 aromatic carbocycles. The Labute approximate surface area is 120 Å². The molecule has 0 bridgehead atoms. The second-order valence-electron chi connectivity index (χ2n) is 5.20. The molecule has 0 aliphatic heterocycles. The normalized spacial score (nSPS) is 12.4. The molecule has 0 spiro atoms. The number of hydrogen-bond donors (Lipinski definition) is 0. The van der Waals surface area contributed by atoms with Crippen LogP contribution >= 0.6 is 0 Å². The van der Waals surface area contributed by atoms with Crippen LogP contribution in [0.25, 0.3) is 10.9 Å². The summed E-state index contributed by atoms with van der Waals surface area (Å²) >= 11 is 0. The molecular weight excluding hydrogens is 242 g/mol. The Morgan fingerprint density at radius 1 is 1.05 bits per heavy atom. The molecule has 0 N–H and O–H groups in total. The van der Waals surface area contributed by atoms with Gasteiger partial charge in [0, 0.05) is 30.1 Å². The van der Waals surface area contributed by atoms with E-state index in [9.17, 15) is 0 Å². The van der Waals surface area contributed by atoms with Gasteiger partial charge in [0.15, 0.2) is 0 Å². The van der Waals surface area contributed by atoms with E-state index in [4.69, 9.17) is 0 Å². The fourth-order valence-electron chi connectivity index (χ4n) is 2.95. The molecular formula is C19H19N. The smallest absolute Gasteiger partial charge is 0.0480 e. The molecule has 0 aliphatic carbocycles. The van der Waals surface area contributed by atoms with Crippen molar-refractivity contribution in [3.63, 3.8) is 0 Å². The average Bonchev–Trinajstić information content (AvgIpc) is 2.83. The van der Waals surface area contributed by atoms with E-state index in [1.807, 2.05) is 6.08 Å². The highest BCUT2D eigenvalue weighted by Gasteiger charge is 2.17. The van der Waals surface area contributed by atoms with Gasteiger partial charge >= 0.3 is 0 Å². The lowest BCUT2D eigenvalue weighted by Crippen LogP contribution is -1.99. The molecule has 1 heteroatoms. The molecule has 0 radical (unpaired) electrons. The number of allylic oxidation sites excluding steroid dienone is 1. The SMILES string of the molecule is C=CCC(c1ccccc1)c1cn(C)c2ccccc12. The molecule has 3 aromatic rings. The van der Waals surface area contributed by atoms with E-state index < -0.39 is 0 Å². The van der Waals surface area contributed by atoms with Crippen molar-refractivity contribution in [2.45, 2.75) is 12.3 Å². The second-order valence-corrected chi connectivity index (χ2v) is 5.20. The first-order valence-electron chi connectivity index (χ1n) is 7.01. The molecule has 1 heterocycles. The molecule has 0 aliphatic rings. The van der Waals surface area contributed by atoms with Crippen molar-refractivity contribution in [1.29, 1.82) is 0 Å². The van der Waals surface area contributed by atoms with Crippen LogP contribution in [0.1, 0.15) is 23.5 Å². The van der Waals surface area contributed by atoms with Gasteiger partial charge in [0.25, 0.3) is 0 Å². The number of nitrogens with zero attached hydrogens (tertiary/aromatic N) is 1. The zero-order valence-electron chi connectivity index (χ0n) is 11.8. The number of hydrogen-bond acceptors (Lipinski definition) is 0. The van der Waals surface area contributed by atoms with Crippen molar-refractivity contribution < 1.29 is 0 Å². The van der Waals surface area contributed by atoms with Crippen molar-refractivity contribution in [3.8, 4) is 0 Å². The molecule has 0 saturated carbocycles. The molecule has 0 amide bonds. The largest absolute Gasteiger partial charge is 0.350 e. The maximum atomic E-state index is 3.93. The Bertz CT molecular complexity index is 722. The summed E-state index contributed by atoms with van der Waals surface area (Å²) < 4.78 is 2.21. The molecule has 0 fully saturated rings. The van der Waals surface area contributed by atoms with Crippen LogP contribution in [-0.4, -0.2) is 4.57 Å². The molecule has 20 heavy (non-hydrogen) atoms. The quantitative estimate of drug-likeness (QED) is 0.589. The lowest BCUT2D eigenvalue weighted by atomic mass is 9.88. The number of aryl methyl sites for hydroxylation is 1. The summed E-state index contributed by atoms with van der Waals surface area (Å²) in [6, 6.07) is 19.3. The van der Waals surface area contributed by atoms with Crippen LogP contribution in [0.4, 0.5) is 0 Å². The van der Waals surface area contributed by atoms with Crippen LogP contribution in [0, 0.1) is 0 Å². The highest BCUT2D eigenvalue weighted by molar-refractivity contribution is 5.85. The summed E-state index contributed by atoms with van der Waals surface area (Å²) in [7, 11) is 2.11. The first-order chi connectivity index (χ1) is 9.81. The highest BCUT2D eigenvalue weighted by Crippen LogP contribution is 2.34. The minimum Gasteiger partial charge on any atom is -0.350 e. The Balaban J connectivity index is 2.17. The molecule has 1 unspecified atom stereocenters. The van der Waals surface area contributed by atoms with E-state index in [0.29, 0.717) is 5.92 Å². The van der Waals surface area contributed by atoms with Crippen LogP contribution in [0.2, 0.25) is 0 Å². The zero-order valence-corrected chi connectivity index (χ0v) is 11.8. The van der Waals surface area contributed by atoms with Gasteiger partial charge < -0.3 is 4.57 Å². The number of aromatic nitrogens is 1. The number of para-hydroxylation sites is 1. The maximum absolute atomic E-state index is 3.93. The van der Waals surface area contributed by atoms with Crippen molar-refractivity contribution in [2.24, 2.45) is 7.05 Å². The lowest BCUT2D eigenvalue weighted by molar-refractivity contribution is 0.827. The number of rotatable bonds is 4. The Morgan fingerprint density at radius 3 is 2.50 bits per heavy atom. The second kappa shape index (κ2) is 5.38. The Kier molecular flexibility index (Phi) is 3.42. The minimum atomic E-state index is 0.375. The van der Waals surface area contributed by atoms with E-state index in [2.05, 4.69) is 79.0 Å².